The van der Waals surface area contributed by atoms with Crippen LogP contribution in [0.5, 0.6) is 5.75 Å². The first kappa shape index (κ1) is 12.4. The molecule has 0 unspecified atom stereocenters. The lowest BCUT2D eigenvalue weighted by Crippen LogP contribution is -2.34. The van der Waals surface area contributed by atoms with Crippen LogP contribution in [0.15, 0.2) is 24.3 Å². The van der Waals surface area contributed by atoms with Crippen molar-refractivity contribution in [2.24, 2.45) is 5.92 Å². The average molecular weight is 233 g/mol. The van der Waals surface area contributed by atoms with Crippen LogP contribution in [0.25, 0.3) is 0 Å². The Kier molecular flexibility index (Phi) is 4.43. The zero-order valence-corrected chi connectivity index (χ0v) is 10.7. The van der Waals surface area contributed by atoms with Crippen LogP contribution in [0.3, 0.4) is 0 Å². The van der Waals surface area contributed by atoms with Crippen molar-refractivity contribution in [3.63, 3.8) is 0 Å². The minimum absolute atomic E-state index is 0.350. The maximum atomic E-state index is 9.20. The van der Waals surface area contributed by atoms with E-state index in [2.05, 4.69) is 12.2 Å². The molecule has 1 aliphatic rings. The molecule has 2 N–H and O–H groups in total. The van der Waals surface area contributed by atoms with Crippen LogP contribution in [0.4, 0.5) is 0 Å². The summed E-state index contributed by atoms with van der Waals surface area (Å²) < 4.78 is 0. The summed E-state index contributed by atoms with van der Waals surface area (Å²) in [5.74, 6) is 1.27. The van der Waals surface area contributed by atoms with Crippen molar-refractivity contribution in [3.8, 4) is 5.75 Å². The van der Waals surface area contributed by atoms with Crippen molar-refractivity contribution in [2.45, 2.75) is 45.1 Å². The number of rotatable bonds is 4. The maximum absolute atomic E-state index is 9.20. The van der Waals surface area contributed by atoms with Gasteiger partial charge >= 0.3 is 0 Å². The van der Waals surface area contributed by atoms with Gasteiger partial charge in [0.2, 0.25) is 0 Å². The zero-order valence-electron chi connectivity index (χ0n) is 10.7. The highest BCUT2D eigenvalue weighted by Crippen LogP contribution is 2.23. The Hall–Kier alpha value is -1.02. The van der Waals surface area contributed by atoms with Gasteiger partial charge in [0.05, 0.1) is 0 Å². The van der Waals surface area contributed by atoms with E-state index in [1.807, 2.05) is 12.1 Å². The van der Waals surface area contributed by atoms with Crippen molar-refractivity contribution < 1.29 is 5.11 Å². The summed E-state index contributed by atoms with van der Waals surface area (Å²) in [6, 6.07) is 8.25. The van der Waals surface area contributed by atoms with Crippen molar-refractivity contribution in [1.29, 1.82) is 0 Å². The van der Waals surface area contributed by atoms with Gasteiger partial charge in [0, 0.05) is 6.04 Å². The molecular formula is C15H23NO. The summed E-state index contributed by atoms with van der Waals surface area (Å²) in [7, 11) is 0. The number of nitrogens with one attached hydrogen (secondary N) is 1. The molecule has 0 atom stereocenters. The molecule has 0 spiro atoms. The van der Waals surface area contributed by atoms with Gasteiger partial charge in [0.1, 0.15) is 5.75 Å². The fourth-order valence-electron chi connectivity index (χ4n) is 2.55. The normalized spacial score (nSPS) is 24.8. The van der Waals surface area contributed by atoms with E-state index in [1.54, 1.807) is 12.1 Å². The Balaban J connectivity index is 1.67. The van der Waals surface area contributed by atoms with E-state index in [0.29, 0.717) is 5.75 Å². The quantitative estimate of drug-likeness (QED) is 0.837. The van der Waals surface area contributed by atoms with Gasteiger partial charge < -0.3 is 10.4 Å². The Bertz CT molecular complexity index is 325. The number of phenols is 1. The number of aromatic hydroxyl groups is 1. The lowest BCUT2D eigenvalue weighted by atomic mass is 9.87. The molecule has 2 heteroatoms. The van der Waals surface area contributed by atoms with Crippen LogP contribution in [0, 0.1) is 5.92 Å². The number of hydrogen-bond donors (Lipinski definition) is 2. The molecule has 1 saturated carbocycles. The molecule has 1 fully saturated rings. The van der Waals surface area contributed by atoms with Gasteiger partial charge in [-0.1, -0.05) is 19.1 Å². The van der Waals surface area contributed by atoms with Gasteiger partial charge in [-0.25, -0.2) is 0 Å². The lowest BCUT2D eigenvalue weighted by molar-refractivity contribution is 0.309. The molecular weight excluding hydrogens is 210 g/mol. The Labute approximate surface area is 104 Å². The summed E-state index contributed by atoms with van der Waals surface area (Å²) in [5.41, 5.74) is 1.29. The molecule has 17 heavy (non-hydrogen) atoms. The SMILES string of the molecule is CC1CCC(NCCc2ccc(O)cc2)CC1. The van der Waals surface area contributed by atoms with E-state index in [1.165, 1.54) is 31.2 Å². The number of hydrogen-bond acceptors (Lipinski definition) is 2. The van der Waals surface area contributed by atoms with Crippen molar-refractivity contribution in [1.82, 2.24) is 5.32 Å². The van der Waals surface area contributed by atoms with E-state index >= 15 is 0 Å². The largest absolute Gasteiger partial charge is 0.508 e. The monoisotopic (exact) mass is 233 g/mol. The number of phenolic OH excluding ortho intramolecular Hbond substituents is 1. The average Bonchev–Trinajstić information content (AvgIpc) is 2.34. The third-order valence-electron chi connectivity index (χ3n) is 3.80. The van der Waals surface area contributed by atoms with Gasteiger partial charge in [-0.05, 0) is 62.3 Å². The van der Waals surface area contributed by atoms with Crippen LogP contribution < -0.4 is 5.32 Å². The standard InChI is InChI=1S/C15H23NO/c1-12-2-6-14(7-3-12)16-11-10-13-4-8-15(17)9-5-13/h4-5,8-9,12,14,16-17H,2-3,6-7,10-11H2,1H3. The second kappa shape index (κ2) is 6.06. The highest BCUT2D eigenvalue weighted by Gasteiger charge is 2.16. The molecule has 1 aliphatic carbocycles. The van der Waals surface area contributed by atoms with Crippen LogP contribution in [0.1, 0.15) is 38.2 Å². The molecule has 2 rings (SSSR count). The zero-order chi connectivity index (χ0) is 12.1. The molecule has 0 amide bonds. The molecule has 0 bridgehead atoms. The van der Waals surface area contributed by atoms with Crippen LogP contribution in [-0.4, -0.2) is 17.7 Å². The van der Waals surface area contributed by atoms with Gasteiger partial charge in [0.15, 0.2) is 0 Å². The summed E-state index contributed by atoms with van der Waals surface area (Å²) in [4.78, 5) is 0. The molecule has 94 valence electrons. The van der Waals surface area contributed by atoms with E-state index in [4.69, 9.17) is 0 Å². The summed E-state index contributed by atoms with van der Waals surface area (Å²) >= 11 is 0. The number of benzene rings is 1. The Morgan fingerprint density at radius 3 is 2.41 bits per heavy atom. The smallest absolute Gasteiger partial charge is 0.115 e. The summed E-state index contributed by atoms with van der Waals surface area (Å²) in [5, 5.41) is 12.8. The second-order valence-electron chi connectivity index (χ2n) is 5.33. The van der Waals surface area contributed by atoms with E-state index in [0.717, 1.165) is 24.9 Å². The van der Waals surface area contributed by atoms with E-state index < -0.39 is 0 Å². The van der Waals surface area contributed by atoms with Gasteiger partial charge in [-0.15, -0.1) is 0 Å². The summed E-state index contributed by atoms with van der Waals surface area (Å²) in [6.07, 6.45) is 6.45. The van der Waals surface area contributed by atoms with Crippen LogP contribution >= 0.6 is 0 Å². The van der Waals surface area contributed by atoms with Gasteiger partial charge in [-0.2, -0.15) is 0 Å². The maximum Gasteiger partial charge on any atom is 0.115 e. The molecule has 1 aromatic rings. The minimum atomic E-state index is 0.350. The molecule has 0 radical (unpaired) electrons. The van der Waals surface area contributed by atoms with Crippen LogP contribution in [-0.2, 0) is 6.42 Å². The minimum Gasteiger partial charge on any atom is -0.508 e. The molecule has 0 saturated heterocycles. The molecule has 0 aromatic heterocycles. The molecule has 2 nitrogen and oxygen atoms in total. The summed E-state index contributed by atoms with van der Waals surface area (Å²) in [6.45, 7) is 3.40. The topological polar surface area (TPSA) is 32.3 Å². The first-order chi connectivity index (χ1) is 8.24. The van der Waals surface area contributed by atoms with Crippen molar-refractivity contribution in [3.05, 3.63) is 29.8 Å². The fraction of sp³-hybridized carbons (Fsp3) is 0.600. The lowest BCUT2D eigenvalue weighted by Gasteiger charge is -2.27. The predicted octanol–water partition coefficient (Wildman–Crippen LogP) is 3.10. The Morgan fingerprint density at radius 1 is 1.12 bits per heavy atom. The van der Waals surface area contributed by atoms with Gasteiger partial charge in [0.25, 0.3) is 0 Å². The third-order valence-corrected chi connectivity index (χ3v) is 3.80. The predicted molar refractivity (Wildman–Crippen MR) is 71.2 cm³/mol. The third kappa shape index (κ3) is 4.04. The van der Waals surface area contributed by atoms with Gasteiger partial charge in [-0.3, -0.25) is 0 Å². The van der Waals surface area contributed by atoms with E-state index in [-0.39, 0.29) is 0 Å². The second-order valence-corrected chi connectivity index (χ2v) is 5.33. The first-order valence-electron chi connectivity index (χ1n) is 6.75. The molecule has 0 heterocycles. The van der Waals surface area contributed by atoms with Crippen molar-refractivity contribution in [2.75, 3.05) is 6.54 Å². The first-order valence-corrected chi connectivity index (χ1v) is 6.75. The fourth-order valence-corrected chi connectivity index (χ4v) is 2.55. The molecule has 1 aromatic carbocycles. The van der Waals surface area contributed by atoms with E-state index in [9.17, 15) is 5.11 Å². The highest BCUT2D eigenvalue weighted by molar-refractivity contribution is 5.25. The Morgan fingerprint density at radius 2 is 1.76 bits per heavy atom. The van der Waals surface area contributed by atoms with Crippen molar-refractivity contribution >= 4 is 0 Å². The highest BCUT2D eigenvalue weighted by atomic mass is 16.3. The van der Waals surface area contributed by atoms with Crippen LogP contribution in [0.2, 0.25) is 0 Å². The molecule has 0 aliphatic heterocycles.